The van der Waals surface area contributed by atoms with Gasteiger partial charge in [0.1, 0.15) is 0 Å². The molecule has 0 heterocycles. The van der Waals surface area contributed by atoms with Crippen LogP contribution in [-0.4, -0.2) is 0 Å². The summed E-state index contributed by atoms with van der Waals surface area (Å²) in [7, 11) is 0. The van der Waals surface area contributed by atoms with Gasteiger partial charge in [0.25, 0.3) is 0 Å². The monoisotopic (exact) mass is 234 g/mol. The third kappa shape index (κ3) is 5.77. The molecular formula is C15H19Cl. The number of hydrogen-bond acceptors (Lipinski definition) is 0. The Morgan fingerprint density at radius 3 is 2.50 bits per heavy atom. The molecule has 1 rings (SSSR count). The Morgan fingerprint density at radius 2 is 1.81 bits per heavy atom. The largest absolute Gasteiger partial charge is 0.0882 e. The van der Waals surface area contributed by atoms with Crippen LogP contribution in [0.4, 0.5) is 0 Å². The summed E-state index contributed by atoms with van der Waals surface area (Å²) in [6.07, 6.45) is 13.5. The Labute approximate surface area is 104 Å². The van der Waals surface area contributed by atoms with Crippen molar-refractivity contribution in [2.24, 2.45) is 0 Å². The molecule has 0 bridgehead atoms. The van der Waals surface area contributed by atoms with E-state index in [0.29, 0.717) is 0 Å². The lowest BCUT2D eigenvalue weighted by Gasteiger charge is -1.92. The second kappa shape index (κ2) is 8.18. The summed E-state index contributed by atoms with van der Waals surface area (Å²) in [5.74, 6) is 0. The van der Waals surface area contributed by atoms with Crippen molar-refractivity contribution in [1.82, 2.24) is 0 Å². The third-order valence-corrected chi connectivity index (χ3v) is 2.60. The molecule has 1 heteroatoms. The van der Waals surface area contributed by atoms with Crippen LogP contribution < -0.4 is 0 Å². The summed E-state index contributed by atoms with van der Waals surface area (Å²) in [5, 5.41) is 0.789. The molecule has 0 N–H and O–H groups in total. The lowest BCUT2D eigenvalue weighted by Crippen LogP contribution is -1.70. The van der Waals surface area contributed by atoms with Crippen molar-refractivity contribution in [2.75, 3.05) is 0 Å². The standard InChI is InChI=1S/C15H19Cl/c1-2-3-4-5-6-7-8-9-14-10-12-15(16)13-11-14/h5-6,8-13H,2-4,7H2,1H3/b6-5+,9-8+. The van der Waals surface area contributed by atoms with Crippen molar-refractivity contribution >= 4 is 17.7 Å². The highest BCUT2D eigenvalue weighted by Crippen LogP contribution is 2.10. The minimum atomic E-state index is 0.789. The maximum Gasteiger partial charge on any atom is 0.0406 e. The van der Waals surface area contributed by atoms with Gasteiger partial charge < -0.3 is 0 Å². The Balaban J connectivity index is 2.26. The van der Waals surface area contributed by atoms with Crippen LogP contribution in [0.15, 0.2) is 42.5 Å². The van der Waals surface area contributed by atoms with E-state index >= 15 is 0 Å². The molecule has 0 saturated heterocycles. The van der Waals surface area contributed by atoms with E-state index in [0.717, 1.165) is 11.4 Å². The average Bonchev–Trinajstić information content (AvgIpc) is 2.30. The lowest BCUT2D eigenvalue weighted by molar-refractivity contribution is 0.813. The lowest BCUT2D eigenvalue weighted by atomic mass is 10.2. The van der Waals surface area contributed by atoms with Crippen LogP contribution in [-0.2, 0) is 0 Å². The fourth-order valence-electron chi connectivity index (χ4n) is 1.39. The summed E-state index contributed by atoms with van der Waals surface area (Å²) in [6.45, 7) is 2.22. The highest BCUT2D eigenvalue weighted by molar-refractivity contribution is 6.30. The number of benzene rings is 1. The third-order valence-electron chi connectivity index (χ3n) is 2.34. The van der Waals surface area contributed by atoms with Gasteiger partial charge >= 0.3 is 0 Å². The molecule has 0 aliphatic carbocycles. The number of halogens is 1. The van der Waals surface area contributed by atoms with E-state index in [1.165, 1.54) is 24.8 Å². The zero-order chi connectivity index (χ0) is 11.6. The molecule has 0 spiro atoms. The topological polar surface area (TPSA) is 0 Å². The average molecular weight is 235 g/mol. The molecule has 0 radical (unpaired) electrons. The summed E-state index contributed by atoms with van der Waals surface area (Å²) in [4.78, 5) is 0. The van der Waals surface area contributed by atoms with E-state index in [9.17, 15) is 0 Å². The van der Waals surface area contributed by atoms with E-state index in [1.807, 2.05) is 24.3 Å². The maximum atomic E-state index is 5.81. The number of hydrogen-bond donors (Lipinski definition) is 0. The molecule has 1 aromatic rings. The highest BCUT2D eigenvalue weighted by atomic mass is 35.5. The Kier molecular flexibility index (Phi) is 6.67. The van der Waals surface area contributed by atoms with Gasteiger partial charge in [-0.1, -0.05) is 67.8 Å². The van der Waals surface area contributed by atoms with Crippen LogP contribution in [0.1, 0.15) is 38.2 Å². The van der Waals surface area contributed by atoms with Crippen molar-refractivity contribution in [1.29, 1.82) is 0 Å². The molecule has 0 nitrogen and oxygen atoms in total. The normalized spacial score (nSPS) is 11.6. The Bertz CT molecular complexity index is 333. The smallest absolute Gasteiger partial charge is 0.0406 e. The summed E-state index contributed by atoms with van der Waals surface area (Å²) in [5.41, 5.74) is 1.20. The quantitative estimate of drug-likeness (QED) is 0.451. The van der Waals surface area contributed by atoms with Crippen molar-refractivity contribution in [3.05, 3.63) is 53.1 Å². The molecule has 16 heavy (non-hydrogen) atoms. The first-order chi connectivity index (χ1) is 7.83. The van der Waals surface area contributed by atoms with Crippen molar-refractivity contribution in [3.63, 3.8) is 0 Å². The molecular weight excluding hydrogens is 216 g/mol. The number of unbranched alkanes of at least 4 members (excludes halogenated alkanes) is 2. The molecule has 0 atom stereocenters. The van der Waals surface area contributed by atoms with E-state index in [1.54, 1.807) is 0 Å². The molecule has 0 aliphatic heterocycles. The number of rotatable bonds is 6. The van der Waals surface area contributed by atoms with E-state index < -0.39 is 0 Å². The first kappa shape index (κ1) is 13.1. The van der Waals surface area contributed by atoms with Crippen LogP contribution in [0.2, 0.25) is 5.02 Å². The van der Waals surface area contributed by atoms with Crippen LogP contribution in [0.25, 0.3) is 6.08 Å². The van der Waals surface area contributed by atoms with Gasteiger partial charge in [0.15, 0.2) is 0 Å². The van der Waals surface area contributed by atoms with Gasteiger partial charge in [0.05, 0.1) is 0 Å². The summed E-state index contributed by atoms with van der Waals surface area (Å²) in [6, 6.07) is 7.88. The SMILES string of the molecule is CCCC/C=C/C/C=C/c1ccc(Cl)cc1. The summed E-state index contributed by atoms with van der Waals surface area (Å²) < 4.78 is 0. The Morgan fingerprint density at radius 1 is 1.06 bits per heavy atom. The highest BCUT2D eigenvalue weighted by Gasteiger charge is 1.86. The molecule has 0 aliphatic rings. The van der Waals surface area contributed by atoms with Gasteiger partial charge in [-0.05, 0) is 30.5 Å². The molecule has 1 aromatic carbocycles. The first-order valence-corrected chi connectivity index (χ1v) is 6.28. The minimum Gasteiger partial charge on any atom is -0.0882 e. The van der Waals surface area contributed by atoms with Crippen molar-refractivity contribution in [2.45, 2.75) is 32.6 Å². The predicted octanol–water partition coefficient (Wildman–Crippen LogP) is 5.49. The fraction of sp³-hybridized carbons (Fsp3) is 0.333. The molecule has 86 valence electrons. The van der Waals surface area contributed by atoms with Crippen LogP contribution in [0.5, 0.6) is 0 Å². The van der Waals surface area contributed by atoms with Gasteiger partial charge in [-0.15, -0.1) is 0 Å². The van der Waals surface area contributed by atoms with E-state index in [2.05, 4.69) is 31.2 Å². The maximum absolute atomic E-state index is 5.81. The summed E-state index contributed by atoms with van der Waals surface area (Å²) >= 11 is 5.81. The predicted molar refractivity (Wildman–Crippen MR) is 73.8 cm³/mol. The van der Waals surface area contributed by atoms with Crippen molar-refractivity contribution in [3.8, 4) is 0 Å². The number of allylic oxidation sites excluding steroid dienone is 3. The zero-order valence-corrected chi connectivity index (χ0v) is 10.6. The molecule has 0 amide bonds. The zero-order valence-electron chi connectivity index (χ0n) is 9.83. The van der Waals surface area contributed by atoms with Gasteiger partial charge in [0, 0.05) is 5.02 Å². The van der Waals surface area contributed by atoms with Gasteiger partial charge in [-0.2, -0.15) is 0 Å². The molecule has 0 unspecified atom stereocenters. The van der Waals surface area contributed by atoms with E-state index in [-0.39, 0.29) is 0 Å². The van der Waals surface area contributed by atoms with Crippen LogP contribution in [0, 0.1) is 0 Å². The van der Waals surface area contributed by atoms with Gasteiger partial charge in [0.2, 0.25) is 0 Å². The Hall–Kier alpha value is -1.01. The second-order valence-electron chi connectivity index (χ2n) is 3.80. The van der Waals surface area contributed by atoms with Crippen molar-refractivity contribution < 1.29 is 0 Å². The van der Waals surface area contributed by atoms with Crippen LogP contribution >= 0.6 is 11.6 Å². The molecule has 0 fully saturated rings. The molecule has 0 saturated carbocycles. The second-order valence-corrected chi connectivity index (χ2v) is 4.24. The minimum absolute atomic E-state index is 0.789. The van der Waals surface area contributed by atoms with Crippen LogP contribution in [0.3, 0.4) is 0 Å². The van der Waals surface area contributed by atoms with Gasteiger partial charge in [-0.25, -0.2) is 0 Å². The van der Waals surface area contributed by atoms with E-state index in [4.69, 9.17) is 11.6 Å². The van der Waals surface area contributed by atoms with Gasteiger partial charge in [-0.3, -0.25) is 0 Å². The molecule has 0 aromatic heterocycles. The fourth-order valence-corrected chi connectivity index (χ4v) is 1.52. The first-order valence-electron chi connectivity index (χ1n) is 5.90.